The van der Waals surface area contributed by atoms with Crippen LogP contribution < -0.4 is 9.47 Å². The molecule has 0 atom stereocenters. The molecule has 0 bridgehead atoms. The molecule has 0 unspecified atom stereocenters. The number of benzene rings is 2. The molecule has 4 nitrogen and oxygen atoms in total. The van der Waals surface area contributed by atoms with Gasteiger partial charge in [0.15, 0.2) is 0 Å². The maximum atomic E-state index is 10.5. The van der Waals surface area contributed by atoms with E-state index >= 15 is 0 Å². The van der Waals surface area contributed by atoms with E-state index in [1.165, 1.54) is 0 Å². The smallest absolute Gasteiger partial charge is 0.328 e. The lowest BCUT2D eigenvalue weighted by Gasteiger charge is -2.05. The lowest BCUT2D eigenvalue weighted by Crippen LogP contribution is -1.86. The standard InChI is InChI=1S/C18H14O4S/c1-21-14-7-8-15-16(11-23-17(15)10-14)22-13-5-2-12(3-6-13)4-9-18(19)20/h2-11H,1H3,(H,19,20). The van der Waals surface area contributed by atoms with Crippen molar-refractivity contribution in [1.29, 1.82) is 0 Å². The van der Waals surface area contributed by atoms with Gasteiger partial charge in [0.05, 0.1) is 7.11 Å². The summed E-state index contributed by atoms with van der Waals surface area (Å²) < 4.78 is 12.2. The Morgan fingerprint density at radius 3 is 2.57 bits per heavy atom. The molecule has 1 heterocycles. The highest BCUT2D eigenvalue weighted by atomic mass is 32.1. The lowest BCUT2D eigenvalue weighted by molar-refractivity contribution is -0.131. The second kappa shape index (κ2) is 6.54. The van der Waals surface area contributed by atoms with Crippen LogP contribution in [0.4, 0.5) is 0 Å². The van der Waals surface area contributed by atoms with Crippen molar-refractivity contribution in [3.63, 3.8) is 0 Å². The van der Waals surface area contributed by atoms with Crippen molar-refractivity contribution in [3.05, 3.63) is 59.5 Å². The Bertz CT molecular complexity index is 862. The highest BCUT2D eigenvalue weighted by Gasteiger charge is 2.07. The molecule has 1 N–H and O–H groups in total. The van der Waals surface area contributed by atoms with Gasteiger partial charge in [-0.1, -0.05) is 12.1 Å². The van der Waals surface area contributed by atoms with Gasteiger partial charge >= 0.3 is 5.97 Å². The third-order valence-electron chi connectivity index (χ3n) is 3.27. The number of carboxylic acids is 1. The molecule has 0 radical (unpaired) electrons. The number of hydrogen-bond acceptors (Lipinski definition) is 4. The fraction of sp³-hybridized carbons (Fsp3) is 0.0556. The molecule has 0 saturated heterocycles. The van der Waals surface area contributed by atoms with E-state index in [-0.39, 0.29) is 0 Å². The summed E-state index contributed by atoms with van der Waals surface area (Å²) in [5.74, 6) is 1.35. The minimum Gasteiger partial charge on any atom is -0.497 e. The first kappa shape index (κ1) is 15.1. The van der Waals surface area contributed by atoms with Gasteiger partial charge in [-0.3, -0.25) is 0 Å². The zero-order valence-corrected chi connectivity index (χ0v) is 13.2. The van der Waals surface area contributed by atoms with Crippen LogP contribution in [0.1, 0.15) is 5.56 Å². The number of rotatable bonds is 5. The number of thiophene rings is 1. The molecule has 0 aliphatic heterocycles. The van der Waals surface area contributed by atoms with Crippen molar-refractivity contribution in [3.8, 4) is 17.2 Å². The molecule has 0 saturated carbocycles. The minimum absolute atomic E-state index is 0.702. The van der Waals surface area contributed by atoms with Crippen LogP contribution >= 0.6 is 11.3 Å². The molecule has 2 aromatic carbocycles. The summed E-state index contributed by atoms with van der Waals surface area (Å²) in [6.45, 7) is 0. The van der Waals surface area contributed by atoms with E-state index in [4.69, 9.17) is 14.6 Å². The Labute approximate surface area is 137 Å². The lowest BCUT2D eigenvalue weighted by atomic mass is 10.2. The second-order valence-corrected chi connectivity index (χ2v) is 5.72. The number of aliphatic carboxylic acids is 1. The van der Waals surface area contributed by atoms with Gasteiger partial charge in [-0.05, 0) is 42.0 Å². The molecule has 0 aliphatic rings. The predicted octanol–water partition coefficient (Wildman–Crippen LogP) is 4.80. The first-order chi connectivity index (χ1) is 11.2. The summed E-state index contributed by atoms with van der Waals surface area (Å²) >= 11 is 1.60. The van der Waals surface area contributed by atoms with Crippen LogP contribution in [-0.2, 0) is 4.79 Å². The van der Waals surface area contributed by atoms with Crippen molar-refractivity contribution in [2.45, 2.75) is 0 Å². The Hall–Kier alpha value is -2.79. The van der Waals surface area contributed by atoms with Gasteiger partial charge in [0.25, 0.3) is 0 Å². The number of carbonyl (C=O) groups is 1. The van der Waals surface area contributed by atoms with Crippen LogP contribution in [-0.4, -0.2) is 18.2 Å². The normalized spacial score (nSPS) is 11.0. The van der Waals surface area contributed by atoms with Crippen LogP contribution in [0.3, 0.4) is 0 Å². The predicted molar refractivity (Wildman–Crippen MR) is 91.6 cm³/mol. The monoisotopic (exact) mass is 326 g/mol. The summed E-state index contributed by atoms with van der Waals surface area (Å²) in [6.07, 6.45) is 2.65. The van der Waals surface area contributed by atoms with Crippen molar-refractivity contribution in [2.75, 3.05) is 7.11 Å². The van der Waals surface area contributed by atoms with Gasteiger partial charge < -0.3 is 14.6 Å². The van der Waals surface area contributed by atoms with Gasteiger partial charge in [-0.25, -0.2) is 4.79 Å². The average molecular weight is 326 g/mol. The third-order valence-corrected chi connectivity index (χ3v) is 4.20. The van der Waals surface area contributed by atoms with Gasteiger partial charge in [-0.15, -0.1) is 11.3 Å². The molecule has 0 aliphatic carbocycles. The molecule has 3 aromatic rings. The number of hydrogen-bond donors (Lipinski definition) is 1. The molecule has 0 fully saturated rings. The van der Waals surface area contributed by atoms with Gasteiger partial charge in [-0.2, -0.15) is 0 Å². The Morgan fingerprint density at radius 1 is 1.13 bits per heavy atom. The SMILES string of the molecule is COc1ccc2c(Oc3ccc(C=CC(=O)O)cc3)csc2c1. The highest BCUT2D eigenvalue weighted by Crippen LogP contribution is 2.37. The summed E-state index contributed by atoms with van der Waals surface area (Å²) in [4.78, 5) is 10.5. The topological polar surface area (TPSA) is 55.8 Å². The third kappa shape index (κ3) is 3.52. The van der Waals surface area contributed by atoms with E-state index in [1.54, 1.807) is 24.5 Å². The van der Waals surface area contributed by atoms with E-state index < -0.39 is 5.97 Å². The van der Waals surface area contributed by atoms with Gasteiger partial charge in [0.2, 0.25) is 0 Å². The van der Waals surface area contributed by atoms with Crippen molar-refractivity contribution < 1.29 is 19.4 Å². The molecular weight excluding hydrogens is 312 g/mol. The second-order valence-electron chi connectivity index (χ2n) is 4.80. The number of carboxylic acid groups (broad SMARTS) is 1. The van der Waals surface area contributed by atoms with Crippen LogP contribution in [0.15, 0.2) is 53.9 Å². The fourth-order valence-electron chi connectivity index (χ4n) is 2.13. The van der Waals surface area contributed by atoms with E-state index in [0.717, 1.165) is 33.2 Å². The van der Waals surface area contributed by atoms with Crippen LogP contribution in [0, 0.1) is 0 Å². The quantitative estimate of drug-likeness (QED) is 0.684. The fourth-order valence-corrected chi connectivity index (χ4v) is 3.02. The zero-order valence-electron chi connectivity index (χ0n) is 12.4. The van der Waals surface area contributed by atoms with Gasteiger partial charge in [0, 0.05) is 21.5 Å². The molecule has 23 heavy (non-hydrogen) atoms. The molecule has 0 spiro atoms. The van der Waals surface area contributed by atoms with E-state index in [9.17, 15) is 4.79 Å². The van der Waals surface area contributed by atoms with Crippen LogP contribution in [0.5, 0.6) is 17.2 Å². The first-order valence-electron chi connectivity index (χ1n) is 6.90. The largest absolute Gasteiger partial charge is 0.497 e. The summed E-state index contributed by atoms with van der Waals surface area (Å²) in [6, 6.07) is 13.1. The molecule has 0 amide bonds. The van der Waals surface area contributed by atoms with Gasteiger partial charge in [0.1, 0.15) is 17.2 Å². The maximum absolute atomic E-state index is 10.5. The number of methoxy groups -OCH3 is 1. The first-order valence-corrected chi connectivity index (χ1v) is 7.78. The summed E-state index contributed by atoms with van der Waals surface area (Å²) in [7, 11) is 1.65. The van der Waals surface area contributed by atoms with E-state index in [1.807, 2.05) is 47.8 Å². The van der Waals surface area contributed by atoms with Crippen molar-refractivity contribution >= 4 is 33.5 Å². The van der Waals surface area contributed by atoms with Crippen molar-refractivity contribution in [2.24, 2.45) is 0 Å². The molecule has 5 heteroatoms. The number of ether oxygens (including phenoxy) is 2. The minimum atomic E-state index is -0.967. The van der Waals surface area contributed by atoms with E-state index in [2.05, 4.69) is 0 Å². The summed E-state index contributed by atoms with van der Waals surface area (Å²) in [5.41, 5.74) is 0.805. The highest BCUT2D eigenvalue weighted by molar-refractivity contribution is 7.17. The molecule has 1 aromatic heterocycles. The molecular formula is C18H14O4S. The van der Waals surface area contributed by atoms with Crippen LogP contribution in [0.2, 0.25) is 0 Å². The van der Waals surface area contributed by atoms with E-state index in [0.29, 0.717) is 5.75 Å². The summed E-state index contributed by atoms with van der Waals surface area (Å²) in [5, 5.41) is 11.6. The Balaban J connectivity index is 1.80. The van der Waals surface area contributed by atoms with Crippen LogP contribution in [0.25, 0.3) is 16.2 Å². The van der Waals surface area contributed by atoms with Crippen molar-refractivity contribution in [1.82, 2.24) is 0 Å². The Morgan fingerprint density at radius 2 is 1.87 bits per heavy atom. The molecule has 3 rings (SSSR count). The maximum Gasteiger partial charge on any atom is 0.328 e. The zero-order chi connectivity index (χ0) is 16.2. The Kier molecular flexibility index (Phi) is 4.30. The number of fused-ring (bicyclic) bond motifs is 1. The molecule has 116 valence electrons. The average Bonchev–Trinajstić information content (AvgIpc) is 2.96.